The van der Waals surface area contributed by atoms with Crippen molar-refractivity contribution in [1.82, 2.24) is 10.3 Å². The van der Waals surface area contributed by atoms with Crippen LogP contribution in [0.4, 0.5) is 5.69 Å². The van der Waals surface area contributed by atoms with Gasteiger partial charge in [-0.15, -0.1) is 0 Å². The number of aromatic nitrogens is 1. The fourth-order valence-electron chi connectivity index (χ4n) is 4.68. The van der Waals surface area contributed by atoms with Crippen LogP contribution < -0.4 is 10.6 Å². The summed E-state index contributed by atoms with van der Waals surface area (Å²) < 4.78 is 5.65. The molecule has 1 aliphatic carbocycles. The van der Waals surface area contributed by atoms with E-state index in [1.807, 2.05) is 43.3 Å². The zero-order valence-electron chi connectivity index (χ0n) is 19.5. The van der Waals surface area contributed by atoms with Gasteiger partial charge in [0.25, 0.3) is 5.89 Å². The Labute approximate surface area is 199 Å². The Balaban J connectivity index is 1.52. The maximum atomic E-state index is 13.5. The summed E-state index contributed by atoms with van der Waals surface area (Å²) in [5, 5.41) is 14.0. The minimum absolute atomic E-state index is 0.0132. The van der Waals surface area contributed by atoms with Crippen molar-refractivity contribution < 1.29 is 14.0 Å². The summed E-state index contributed by atoms with van der Waals surface area (Å²) >= 11 is 0. The zero-order valence-corrected chi connectivity index (χ0v) is 19.5. The van der Waals surface area contributed by atoms with Gasteiger partial charge in [-0.05, 0) is 37.0 Å². The van der Waals surface area contributed by atoms with Crippen LogP contribution in [0.1, 0.15) is 68.1 Å². The second-order valence-corrected chi connectivity index (χ2v) is 8.99. The third kappa shape index (κ3) is 5.53. The first-order valence-electron chi connectivity index (χ1n) is 12.1. The second kappa shape index (κ2) is 11.1. The van der Waals surface area contributed by atoms with Gasteiger partial charge in [0.15, 0.2) is 5.58 Å². The lowest BCUT2D eigenvalue weighted by molar-refractivity contribution is -0.122. The first-order valence-corrected chi connectivity index (χ1v) is 12.1. The van der Waals surface area contributed by atoms with E-state index in [9.17, 15) is 9.59 Å². The Kier molecular flexibility index (Phi) is 7.72. The molecule has 0 aliphatic heterocycles. The number of ketones is 1. The van der Waals surface area contributed by atoms with E-state index < -0.39 is 12.1 Å². The van der Waals surface area contributed by atoms with Gasteiger partial charge in [-0.25, -0.2) is 4.98 Å². The van der Waals surface area contributed by atoms with E-state index in [0.717, 1.165) is 24.1 Å². The molecule has 2 atom stereocenters. The van der Waals surface area contributed by atoms with Gasteiger partial charge in [0, 0.05) is 17.5 Å². The monoisotopic (exact) mass is 460 g/mol. The van der Waals surface area contributed by atoms with Crippen LogP contribution in [0.5, 0.6) is 0 Å². The van der Waals surface area contributed by atoms with Gasteiger partial charge < -0.3 is 20.5 Å². The lowest BCUT2D eigenvalue weighted by Crippen LogP contribution is -2.48. The molecule has 1 amide bonds. The van der Waals surface area contributed by atoms with Crippen molar-refractivity contribution in [1.29, 1.82) is 5.41 Å². The Morgan fingerprint density at radius 3 is 2.56 bits per heavy atom. The van der Waals surface area contributed by atoms with E-state index in [-0.39, 0.29) is 17.6 Å². The van der Waals surface area contributed by atoms with Crippen LogP contribution in [0.2, 0.25) is 0 Å². The van der Waals surface area contributed by atoms with Gasteiger partial charge in [-0.3, -0.25) is 9.59 Å². The number of carbonyl (C=O) groups is 2. The standard InChI is InChI=1S/C27H32N4O3/c1-2-20(25(32)27-31-22-14-8-9-15-24(22)34-27)30-26(33)23(16-18-10-4-3-5-11-18)29-21-13-7-6-12-19(21)17-28/h6-9,12-15,17-18,20,23,28-29H,2-5,10-11,16H2,1H3,(H,30,33)/t20-,23?/m0/s1. The molecular weight excluding hydrogens is 428 g/mol. The van der Waals surface area contributed by atoms with Gasteiger partial charge >= 0.3 is 0 Å². The highest BCUT2D eigenvalue weighted by atomic mass is 16.4. The number of anilines is 1. The molecule has 2 aromatic carbocycles. The maximum Gasteiger partial charge on any atom is 0.266 e. The molecule has 34 heavy (non-hydrogen) atoms. The third-order valence-electron chi connectivity index (χ3n) is 6.60. The molecule has 3 N–H and O–H groups in total. The molecule has 4 rings (SSSR count). The van der Waals surface area contributed by atoms with Crippen molar-refractivity contribution >= 4 is 34.7 Å². The molecule has 1 aliphatic rings. The van der Waals surface area contributed by atoms with Gasteiger partial charge in [0.1, 0.15) is 11.6 Å². The van der Waals surface area contributed by atoms with Gasteiger partial charge in [-0.1, -0.05) is 69.4 Å². The van der Waals surface area contributed by atoms with E-state index >= 15 is 0 Å². The highest BCUT2D eigenvalue weighted by Gasteiger charge is 2.30. The molecule has 1 fully saturated rings. The van der Waals surface area contributed by atoms with Gasteiger partial charge in [-0.2, -0.15) is 0 Å². The summed E-state index contributed by atoms with van der Waals surface area (Å²) in [5.74, 6) is -0.0821. The number of para-hydroxylation sites is 3. The zero-order chi connectivity index (χ0) is 23.9. The molecule has 1 saturated carbocycles. The van der Waals surface area contributed by atoms with Crippen LogP contribution in [0.3, 0.4) is 0 Å². The van der Waals surface area contributed by atoms with E-state index in [2.05, 4.69) is 15.6 Å². The van der Waals surface area contributed by atoms with Crippen LogP contribution in [0, 0.1) is 11.3 Å². The molecule has 178 valence electrons. The summed E-state index contributed by atoms with van der Waals surface area (Å²) in [7, 11) is 0. The molecule has 1 unspecified atom stereocenters. The van der Waals surface area contributed by atoms with Crippen molar-refractivity contribution in [3.05, 3.63) is 60.0 Å². The normalized spacial score (nSPS) is 16.0. The van der Waals surface area contributed by atoms with E-state index in [4.69, 9.17) is 9.83 Å². The molecule has 0 bridgehead atoms. The molecule has 7 heteroatoms. The molecule has 0 radical (unpaired) electrons. The fourth-order valence-corrected chi connectivity index (χ4v) is 4.68. The van der Waals surface area contributed by atoms with Crippen LogP contribution >= 0.6 is 0 Å². The molecule has 1 aromatic heterocycles. The molecule has 0 saturated heterocycles. The topological polar surface area (TPSA) is 108 Å². The SMILES string of the molecule is CC[C@H](NC(=O)C(CC1CCCCC1)Nc1ccccc1C=N)C(=O)c1nc2ccccc2o1. The Morgan fingerprint density at radius 2 is 1.82 bits per heavy atom. The summed E-state index contributed by atoms with van der Waals surface area (Å²) in [5.41, 5.74) is 2.63. The Hall–Kier alpha value is -3.48. The van der Waals surface area contributed by atoms with E-state index in [1.54, 1.807) is 12.1 Å². The van der Waals surface area contributed by atoms with Crippen molar-refractivity contribution in [2.24, 2.45) is 5.92 Å². The number of amides is 1. The molecular formula is C27H32N4O3. The second-order valence-electron chi connectivity index (χ2n) is 8.99. The Bertz CT molecular complexity index is 1120. The molecule has 1 heterocycles. The minimum Gasteiger partial charge on any atom is -0.434 e. The number of rotatable bonds is 10. The van der Waals surface area contributed by atoms with Crippen molar-refractivity contribution in [3.63, 3.8) is 0 Å². The fraction of sp³-hybridized carbons (Fsp3) is 0.407. The quantitative estimate of drug-likeness (QED) is 0.279. The first kappa shape index (κ1) is 23.7. The number of fused-ring (bicyclic) bond motifs is 1. The molecule has 3 aromatic rings. The summed E-state index contributed by atoms with van der Waals surface area (Å²) in [6.07, 6.45) is 8.22. The number of nitrogens with one attached hydrogen (secondary N) is 3. The first-order chi connectivity index (χ1) is 16.6. The van der Waals surface area contributed by atoms with Crippen LogP contribution in [0.25, 0.3) is 11.1 Å². The average Bonchev–Trinajstić information content (AvgIpc) is 3.31. The highest BCUT2D eigenvalue weighted by molar-refractivity contribution is 6.01. The van der Waals surface area contributed by atoms with Gasteiger partial charge in [0.2, 0.25) is 11.7 Å². The van der Waals surface area contributed by atoms with Crippen molar-refractivity contribution in [3.8, 4) is 0 Å². The summed E-state index contributed by atoms with van der Waals surface area (Å²) in [6.45, 7) is 1.86. The lowest BCUT2D eigenvalue weighted by Gasteiger charge is -2.28. The largest absolute Gasteiger partial charge is 0.434 e. The average molecular weight is 461 g/mol. The third-order valence-corrected chi connectivity index (χ3v) is 6.60. The van der Waals surface area contributed by atoms with Gasteiger partial charge in [0.05, 0.1) is 6.04 Å². The minimum atomic E-state index is -0.728. The number of hydrogen-bond donors (Lipinski definition) is 3. The van der Waals surface area contributed by atoms with Crippen LogP contribution in [-0.2, 0) is 4.79 Å². The maximum absolute atomic E-state index is 13.5. The van der Waals surface area contributed by atoms with Crippen LogP contribution in [0.15, 0.2) is 52.9 Å². The Morgan fingerprint density at radius 1 is 1.09 bits per heavy atom. The number of hydrogen-bond acceptors (Lipinski definition) is 6. The highest BCUT2D eigenvalue weighted by Crippen LogP contribution is 2.29. The summed E-state index contributed by atoms with van der Waals surface area (Å²) in [6, 6.07) is 13.5. The smallest absolute Gasteiger partial charge is 0.266 e. The van der Waals surface area contributed by atoms with Crippen LogP contribution in [-0.4, -0.2) is 35.0 Å². The van der Waals surface area contributed by atoms with Crippen molar-refractivity contribution in [2.45, 2.75) is 64.0 Å². The molecule has 0 spiro atoms. The molecule has 7 nitrogen and oxygen atoms in total. The summed E-state index contributed by atoms with van der Waals surface area (Å²) in [4.78, 5) is 30.9. The predicted octanol–water partition coefficient (Wildman–Crippen LogP) is 5.35. The number of oxazole rings is 1. The number of Topliss-reactive ketones (excluding diaryl/α,β-unsaturated/α-hetero) is 1. The predicted molar refractivity (Wildman–Crippen MR) is 133 cm³/mol. The van der Waals surface area contributed by atoms with E-state index in [1.165, 1.54) is 25.5 Å². The lowest BCUT2D eigenvalue weighted by atomic mass is 9.84. The number of benzene rings is 2. The van der Waals surface area contributed by atoms with Crippen molar-refractivity contribution in [2.75, 3.05) is 5.32 Å². The number of nitrogens with zero attached hydrogens (tertiary/aromatic N) is 1. The number of carbonyl (C=O) groups excluding carboxylic acids is 2. The van der Waals surface area contributed by atoms with E-state index in [0.29, 0.717) is 29.9 Å².